The molecule has 0 aliphatic carbocycles. The molecule has 0 saturated carbocycles. The zero-order chi connectivity index (χ0) is 22.0. The van der Waals surface area contributed by atoms with Gasteiger partial charge in [-0.2, -0.15) is 0 Å². The van der Waals surface area contributed by atoms with Gasteiger partial charge in [0.25, 0.3) is 0 Å². The Hall–Kier alpha value is -1.38. The highest BCUT2D eigenvalue weighted by Crippen LogP contribution is 2.24. The fourth-order valence-corrected chi connectivity index (χ4v) is 4.39. The van der Waals surface area contributed by atoms with Gasteiger partial charge in [0, 0.05) is 18.6 Å². The van der Waals surface area contributed by atoms with Crippen LogP contribution in [0, 0.1) is 6.92 Å². The highest BCUT2D eigenvalue weighted by molar-refractivity contribution is 5.76. The second kappa shape index (κ2) is 17.3. The molecule has 0 radical (unpaired) electrons. The molecule has 0 amide bonds. The molecule has 0 aromatic carbocycles. The van der Waals surface area contributed by atoms with Crippen molar-refractivity contribution in [3.05, 3.63) is 29.6 Å². The van der Waals surface area contributed by atoms with Gasteiger partial charge in [0.05, 0.1) is 5.92 Å². The lowest BCUT2D eigenvalue weighted by molar-refractivity contribution is -0.678. The topological polar surface area (TPSA) is 41.2 Å². The molecule has 1 rings (SSSR count). The minimum absolute atomic E-state index is 0.371. The fourth-order valence-electron chi connectivity index (χ4n) is 4.39. The lowest BCUT2D eigenvalue weighted by Crippen LogP contribution is -2.33. The highest BCUT2D eigenvalue weighted by atomic mass is 16.4. The molecule has 3 nitrogen and oxygen atoms in total. The predicted molar refractivity (Wildman–Crippen MR) is 127 cm³/mol. The van der Waals surface area contributed by atoms with Crippen LogP contribution in [-0.4, -0.2) is 11.1 Å². The Balaban J connectivity index is 2.00. The van der Waals surface area contributed by atoms with E-state index in [1.807, 2.05) is 36.9 Å². The van der Waals surface area contributed by atoms with Crippen molar-refractivity contribution in [1.29, 1.82) is 0 Å². The molecule has 0 spiro atoms. The van der Waals surface area contributed by atoms with Gasteiger partial charge in [-0.05, 0) is 12.5 Å². The molecule has 1 atom stereocenters. The van der Waals surface area contributed by atoms with E-state index in [2.05, 4.69) is 6.92 Å². The standard InChI is InChI=1S/C27H47NO2/c1-4-5-6-7-8-9-10-11-12-13-14-15-16-17-18-19-21-26(27(29)30)25-22-20-23-28(3)24(25)2/h20,22-23,26H,4-19,21H2,1-3H3/p+1. The lowest BCUT2D eigenvalue weighted by Gasteiger charge is -2.13. The first-order valence-electron chi connectivity index (χ1n) is 12.8. The van der Waals surface area contributed by atoms with E-state index < -0.39 is 5.97 Å². The Labute approximate surface area is 186 Å². The van der Waals surface area contributed by atoms with Gasteiger partial charge in [-0.3, -0.25) is 4.79 Å². The number of hydrogen-bond acceptors (Lipinski definition) is 1. The predicted octanol–water partition coefficient (Wildman–Crippen LogP) is 7.64. The minimum Gasteiger partial charge on any atom is -0.481 e. The van der Waals surface area contributed by atoms with Crippen molar-refractivity contribution in [3.63, 3.8) is 0 Å². The Morgan fingerprint density at radius 3 is 1.70 bits per heavy atom. The maximum atomic E-state index is 11.7. The summed E-state index contributed by atoms with van der Waals surface area (Å²) in [5, 5.41) is 9.66. The summed E-state index contributed by atoms with van der Waals surface area (Å²) in [4.78, 5) is 11.7. The third kappa shape index (κ3) is 11.7. The van der Waals surface area contributed by atoms with E-state index in [9.17, 15) is 9.90 Å². The van der Waals surface area contributed by atoms with Crippen molar-refractivity contribution in [1.82, 2.24) is 0 Å². The van der Waals surface area contributed by atoms with Crippen LogP contribution in [0.15, 0.2) is 18.3 Å². The second-order valence-electron chi connectivity index (χ2n) is 9.14. The molecule has 1 unspecified atom stereocenters. The molecular formula is C27H48NO2+. The van der Waals surface area contributed by atoms with Gasteiger partial charge in [-0.15, -0.1) is 0 Å². The SMILES string of the molecule is CCCCCCCCCCCCCCCCCCC(C(=O)O)c1ccc[n+](C)c1C. The molecule has 0 aliphatic heterocycles. The quantitative estimate of drug-likeness (QED) is 0.185. The number of aryl methyl sites for hydroxylation is 1. The molecule has 0 fully saturated rings. The van der Waals surface area contributed by atoms with E-state index in [-0.39, 0.29) is 5.92 Å². The molecule has 0 bridgehead atoms. The Bertz CT molecular complexity index is 570. The summed E-state index contributed by atoms with van der Waals surface area (Å²) in [5.41, 5.74) is 2.02. The van der Waals surface area contributed by atoms with E-state index in [0.29, 0.717) is 0 Å². The second-order valence-corrected chi connectivity index (χ2v) is 9.14. The van der Waals surface area contributed by atoms with Crippen molar-refractivity contribution < 1.29 is 14.5 Å². The number of carbonyl (C=O) groups is 1. The van der Waals surface area contributed by atoms with Gasteiger partial charge in [0.15, 0.2) is 11.9 Å². The summed E-state index contributed by atoms with van der Waals surface area (Å²) in [6.45, 7) is 4.29. The molecule has 3 heteroatoms. The Morgan fingerprint density at radius 1 is 0.833 bits per heavy atom. The van der Waals surface area contributed by atoms with Crippen molar-refractivity contribution in [2.24, 2.45) is 7.05 Å². The molecule has 1 aromatic rings. The summed E-state index contributed by atoms with van der Waals surface area (Å²) < 4.78 is 2.01. The van der Waals surface area contributed by atoms with E-state index in [1.54, 1.807) is 0 Å². The van der Waals surface area contributed by atoms with Crippen LogP contribution in [0.1, 0.15) is 133 Å². The number of aliphatic carboxylic acids is 1. The zero-order valence-electron chi connectivity index (χ0n) is 20.1. The van der Waals surface area contributed by atoms with Crippen LogP contribution in [0.2, 0.25) is 0 Å². The maximum Gasteiger partial charge on any atom is 0.311 e. The number of pyridine rings is 1. The summed E-state index contributed by atoms with van der Waals surface area (Å²) in [6, 6.07) is 3.92. The first-order valence-corrected chi connectivity index (χ1v) is 12.8. The number of aromatic nitrogens is 1. The van der Waals surface area contributed by atoms with Crippen LogP contribution < -0.4 is 4.57 Å². The molecule has 0 aliphatic rings. The van der Waals surface area contributed by atoms with E-state index in [4.69, 9.17) is 0 Å². The van der Waals surface area contributed by atoms with E-state index >= 15 is 0 Å². The maximum absolute atomic E-state index is 11.7. The van der Waals surface area contributed by atoms with Crippen molar-refractivity contribution >= 4 is 5.97 Å². The smallest absolute Gasteiger partial charge is 0.311 e. The minimum atomic E-state index is -0.690. The molecule has 0 saturated heterocycles. The third-order valence-corrected chi connectivity index (χ3v) is 6.55. The molecule has 172 valence electrons. The molecular weight excluding hydrogens is 370 g/mol. The first-order chi connectivity index (χ1) is 14.6. The monoisotopic (exact) mass is 418 g/mol. The van der Waals surface area contributed by atoms with Crippen LogP contribution in [0.25, 0.3) is 0 Å². The third-order valence-electron chi connectivity index (χ3n) is 6.55. The number of rotatable bonds is 19. The van der Waals surface area contributed by atoms with Gasteiger partial charge in [0.1, 0.15) is 7.05 Å². The van der Waals surface area contributed by atoms with Crippen molar-refractivity contribution in [2.45, 2.75) is 129 Å². The number of carboxylic acids is 1. The summed E-state index contributed by atoms with van der Waals surface area (Å²) in [5.74, 6) is -1.06. The number of carboxylic acid groups (broad SMARTS) is 1. The average Bonchev–Trinajstić information content (AvgIpc) is 2.72. The Morgan fingerprint density at radius 2 is 1.27 bits per heavy atom. The van der Waals surface area contributed by atoms with Gasteiger partial charge < -0.3 is 5.11 Å². The van der Waals surface area contributed by atoms with Crippen LogP contribution >= 0.6 is 0 Å². The largest absolute Gasteiger partial charge is 0.481 e. The van der Waals surface area contributed by atoms with Gasteiger partial charge >= 0.3 is 5.97 Å². The van der Waals surface area contributed by atoms with E-state index in [0.717, 1.165) is 30.5 Å². The van der Waals surface area contributed by atoms with Gasteiger partial charge in [-0.1, -0.05) is 110 Å². The van der Waals surface area contributed by atoms with Crippen molar-refractivity contribution in [2.75, 3.05) is 0 Å². The number of hydrogen-bond donors (Lipinski definition) is 1. The normalized spacial score (nSPS) is 12.2. The highest BCUT2D eigenvalue weighted by Gasteiger charge is 2.24. The van der Waals surface area contributed by atoms with Gasteiger partial charge in [-0.25, -0.2) is 4.57 Å². The van der Waals surface area contributed by atoms with Crippen LogP contribution in [0.4, 0.5) is 0 Å². The van der Waals surface area contributed by atoms with Crippen LogP contribution in [0.3, 0.4) is 0 Å². The lowest BCUT2D eigenvalue weighted by atomic mass is 9.92. The van der Waals surface area contributed by atoms with Crippen molar-refractivity contribution in [3.8, 4) is 0 Å². The van der Waals surface area contributed by atoms with Crippen LogP contribution in [-0.2, 0) is 11.8 Å². The fraction of sp³-hybridized carbons (Fsp3) is 0.778. The average molecular weight is 419 g/mol. The molecule has 1 heterocycles. The van der Waals surface area contributed by atoms with Crippen LogP contribution in [0.5, 0.6) is 0 Å². The summed E-state index contributed by atoms with van der Waals surface area (Å²) in [6.07, 6.45) is 24.3. The summed E-state index contributed by atoms with van der Waals surface area (Å²) in [7, 11) is 1.98. The number of unbranched alkanes of at least 4 members (excludes halogenated alkanes) is 15. The Kier molecular flexibility index (Phi) is 15.4. The zero-order valence-corrected chi connectivity index (χ0v) is 20.1. The molecule has 1 aromatic heterocycles. The molecule has 1 N–H and O–H groups in total. The first kappa shape index (κ1) is 26.7. The van der Waals surface area contributed by atoms with E-state index in [1.165, 1.54) is 89.9 Å². The van der Waals surface area contributed by atoms with Gasteiger partial charge in [0.2, 0.25) is 0 Å². The summed E-state index contributed by atoms with van der Waals surface area (Å²) >= 11 is 0. The molecule has 30 heavy (non-hydrogen) atoms. The number of nitrogens with zero attached hydrogens (tertiary/aromatic N) is 1.